The van der Waals surface area contributed by atoms with Crippen LogP contribution in [0.5, 0.6) is 0 Å². The second kappa shape index (κ2) is 9.94. The van der Waals surface area contributed by atoms with E-state index in [0.29, 0.717) is 0 Å². The van der Waals surface area contributed by atoms with Crippen LogP contribution in [0.3, 0.4) is 0 Å². The van der Waals surface area contributed by atoms with Crippen LogP contribution in [0.25, 0.3) is 119 Å². The van der Waals surface area contributed by atoms with Crippen molar-refractivity contribution >= 4 is 113 Å². The lowest BCUT2D eigenvalue weighted by Crippen LogP contribution is -2.04. The third-order valence-electron chi connectivity index (χ3n) is 11.4. The van der Waals surface area contributed by atoms with Gasteiger partial charge in [0.05, 0.1) is 38.6 Å². The number of thiophene rings is 1. The maximum atomic E-state index is 5.60. The summed E-state index contributed by atoms with van der Waals surface area (Å²) in [6.45, 7) is 0. The van der Waals surface area contributed by atoms with Gasteiger partial charge in [0.25, 0.3) is 0 Å². The van der Waals surface area contributed by atoms with Crippen molar-refractivity contribution in [1.29, 1.82) is 0 Å². The van der Waals surface area contributed by atoms with Crippen LogP contribution in [-0.2, 0) is 0 Å². The van der Waals surface area contributed by atoms with Gasteiger partial charge in [-0.2, -0.15) is 0 Å². The molecule has 0 saturated carbocycles. The summed E-state index contributed by atoms with van der Waals surface area (Å²) in [6.07, 6.45) is 0. The summed E-state index contributed by atoms with van der Waals surface area (Å²) >= 11 is 1.88. The molecule has 5 heteroatoms. The van der Waals surface area contributed by atoms with E-state index in [0.717, 1.165) is 49.9 Å². The Kier molecular flexibility index (Phi) is 5.22. The Hall–Kier alpha value is -6.82. The van der Waals surface area contributed by atoms with Crippen molar-refractivity contribution in [2.75, 3.05) is 0 Å². The fourth-order valence-electron chi connectivity index (χ4n) is 9.29. The minimum Gasteiger partial charge on any atom is -0.308 e. The minimum absolute atomic E-state index is 0.831. The third kappa shape index (κ3) is 3.50. The molecule has 0 aliphatic heterocycles. The second-order valence-electron chi connectivity index (χ2n) is 14.1. The lowest BCUT2D eigenvalue weighted by Gasteiger charge is -2.15. The minimum atomic E-state index is 0.831. The van der Waals surface area contributed by atoms with Crippen molar-refractivity contribution in [3.8, 4) is 17.1 Å². The maximum Gasteiger partial charge on any atom is 0.165 e. The van der Waals surface area contributed by atoms with Crippen molar-refractivity contribution in [1.82, 2.24) is 18.9 Å². The van der Waals surface area contributed by atoms with Crippen molar-refractivity contribution in [3.05, 3.63) is 158 Å². The van der Waals surface area contributed by atoms with E-state index >= 15 is 0 Å². The quantitative estimate of drug-likeness (QED) is 0.169. The number of hydrogen-bond donors (Lipinski definition) is 0. The first kappa shape index (κ1) is 27.8. The highest BCUT2D eigenvalue weighted by Gasteiger charge is 2.25. The summed E-state index contributed by atoms with van der Waals surface area (Å²) < 4.78 is 7.55. The van der Waals surface area contributed by atoms with E-state index in [1.807, 2.05) is 11.3 Å². The molecule has 5 aromatic heterocycles. The number of rotatable bonds is 2. The molecule has 53 heavy (non-hydrogen) atoms. The zero-order chi connectivity index (χ0) is 34.4. The Bertz CT molecular complexity index is 3680. The summed E-state index contributed by atoms with van der Waals surface area (Å²) in [7, 11) is 0. The van der Waals surface area contributed by atoms with Crippen molar-refractivity contribution in [2.24, 2.45) is 0 Å². The van der Waals surface area contributed by atoms with E-state index in [9.17, 15) is 0 Å². The first-order valence-electron chi connectivity index (χ1n) is 18.0. The molecule has 0 N–H and O–H groups in total. The summed E-state index contributed by atoms with van der Waals surface area (Å²) in [6, 6.07) is 57.2. The number of aromatic nitrogens is 4. The van der Waals surface area contributed by atoms with Gasteiger partial charge in [0.1, 0.15) is 5.69 Å². The molecule has 0 radical (unpaired) electrons. The molecule has 0 saturated heterocycles. The summed E-state index contributed by atoms with van der Waals surface area (Å²) in [5.41, 5.74) is 9.59. The van der Waals surface area contributed by atoms with Crippen LogP contribution in [0.1, 0.15) is 0 Å². The van der Waals surface area contributed by atoms with Crippen LogP contribution in [0, 0.1) is 0 Å². The fraction of sp³-hybridized carbons (Fsp3) is 0. The Balaban J connectivity index is 1.26. The lowest BCUT2D eigenvalue weighted by molar-refractivity contribution is 1.08. The van der Waals surface area contributed by atoms with Gasteiger partial charge in [0, 0.05) is 58.1 Å². The van der Waals surface area contributed by atoms with Crippen LogP contribution in [0.15, 0.2) is 158 Å². The van der Waals surface area contributed by atoms with E-state index < -0.39 is 0 Å². The Morgan fingerprint density at radius 2 is 1.09 bits per heavy atom. The Morgan fingerprint density at radius 1 is 0.415 bits per heavy atom. The smallest absolute Gasteiger partial charge is 0.165 e. The van der Waals surface area contributed by atoms with Gasteiger partial charge in [-0.1, -0.05) is 115 Å². The third-order valence-corrected chi connectivity index (χ3v) is 12.6. The number of benzene rings is 8. The Morgan fingerprint density at radius 3 is 2.02 bits per heavy atom. The topological polar surface area (TPSA) is 35.1 Å². The zero-order valence-corrected chi connectivity index (χ0v) is 29.0. The normalized spacial score (nSPS) is 12.5. The standard InChI is InChI=1S/C48H26N4S/c1-2-12-28(13-3-1)45-48(50-46-29-14-5-4-11-27(29)23-24-34(46)49-45)52-35-19-9-16-30-31-17-8-18-33-42-38(25-26-40-43(42)32-15-6-7-22-39(32)53-40)51(47(31)33)36-20-10-21-37(52)44(36)41(30)35/h1-26H. The molecule has 244 valence electrons. The van der Waals surface area contributed by atoms with Crippen LogP contribution in [0.2, 0.25) is 0 Å². The van der Waals surface area contributed by atoms with E-state index in [4.69, 9.17) is 9.97 Å². The predicted molar refractivity (Wildman–Crippen MR) is 224 cm³/mol. The van der Waals surface area contributed by atoms with E-state index in [1.54, 1.807) is 0 Å². The molecule has 0 atom stereocenters. The van der Waals surface area contributed by atoms with E-state index in [1.165, 1.54) is 69.0 Å². The fourth-order valence-corrected chi connectivity index (χ4v) is 10.4. The molecular weight excluding hydrogens is 665 g/mol. The average molecular weight is 691 g/mol. The molecule has 0 aliphatic carbocycles. The SMILES string of the molecule is c1ccc(-c2nc3ccc4ccccc4c3nc2-n2c3cccc4c5cccc6c7c8c(ccc7n(c7cccc2c7c43)c56)sc2ccccc28)cc1. The predicted octanol–water partition coefficient (Wildman–Crippen LogP) is 13.1. The molecule has 0 amide bonds. The van der Waals surface area contributed by atoms with Gasteiger partial charge in [-0.25, -0.2) is 9.97 Å². The summed E-state index contributed by atoms with van der Waals surface area (Å²) in [5, 5.41) is 12.5. The summed E-state index contributed by atoms with van der Waals surface area (Å²) in [5.74, 6) is 0.831. The Labute approximate surface area is 305 Å². The monoisotopic (exact) mass is 690 g/mol. The molecular formula is C48H26N4S. The first-order valence-corrected chi connectivity index (χ1v) is 18.8. The number of fused-ring (bicyclic) bond motifs is 12. The zero-order valence-electron chi connectivity index (χ0n) is 28.2. The maximum absolute atomic E-state index is 5.60. The molecule has 0 spiro atoms. The number of nitrogens with zero attached hydrogens (tertiary/aromatic N) is 4. The van der Waals surface area contributed by atoms with Crippen molar-refractivity contribution in [3.63, 3.8) is 0 Å². The molecule has 0 bridgehead atoms. The molecule has 4 nitrogen and oxygen atoms in total. The molecule has 0 unspecified atom stereocenters. The second-order valence-corrected chi connectivity index (χ2v) is 15.2. The van der Waals surface area contributed by atoms with Crippen LogP contribution in [-0.4, -0.2) is 18.9 Å². The molecule has 13 aromatic rings. The lowest BCUT2D eigenvalue weighted by atomic mass is 10.0. The molecule has 8 aromatic carbocycles. The highest BCUT2D eigenvalue weighted by atomic mass is 32.1. The highest BCUT2D eigenvalue weighted by molar-refractivity contribution is 7.26. The largest absolute Gasteiger partial charge is 0.308 e. The summed E-state index contributed by atoms with van der Waals surface area (Å²) in [4.78, 5) is 11.0. The number of hydrogen-bond acceptors (Lipinski definition) is 3. The van der Waals surface area contributed by atoms with Crippen LogP contribution < -0.4 is 0 Å². The molecule has 0 aliphatic rings. The highest BCUT2D eigenvalue weighted by Crippen LogP contribution is 2.48. The van der Waals surface area contributed by atoms with Crippen molar-refractivity contribution < 1.29 is 0 Å². The number of para-hydroxylation sites is 1. The van der Waals surface area contributed by atoms with Gasteiger partial charge in [-0.05, 0) is 53.2 Å². The van der Waals surface area contributed by atoms with Gasteiger partial charge in [-0.15, -0.1) is 11.3 Å². The van der Waals surface area contributed by atoms with Gasteiger partial charge in [0.15, 0.2) is 5.82 Å². The molecule has 5 heterocycles. The molecule has 0 fully saturated rings. The van der Waals surface area contributed by atoms with Gasteiger partial charge >= 0.3 is 0 Å². The van der Waals surface area contributed by atoms with Gasteiger partial charge in [0.2, 0.25) is 0 Å². The molecule has 13 rings (SSSR count). The van der Waals surface area contributed by atoms with E-state index in [2.05, 4.69) is 167 Å². The van der Waals surface area contributed by atoms with E-state index in [-0.39, 0.29) is 0 Å². The van der Waals surface area contributed by atoms with Crippen molar-refractivity contribution in [2.45, 2.75) is 0 Å². The van der Waals surface area contributed by atoms with Crippen LogP contribution >= 0.6 is 11.3 Å². The van der Waals surface area contributed by atoms with Gasteiger partial charge < -0.3 is 4.40 Å². The first-order chi connectivity index (χ1) is 26.3. The van der Waals surface area contributed by atoms with Gasteiger partial charge in [-0.3, -0.25) is 4.57 Å². The van der Waals surface area contributed by atoms with Crippen LogP contribution in [0.4, 0.5) is 0 Å². The average Bonchev–Trinajstić information content (AvgIpc) is 3.85.